The van der Waals surface area contributed by atoms with Crippen LogP contribution in [-0.2, 0) is 9.53 Å². The fraction of sp³-hybridized carbons (Fsp3) is 0.714. The zero-order valence-corrected chi connectivity index (χ0v) is 6.69. The number of ether oxygens (including phenoxy) is 1. The van der Waals surface area contributed by atoms with Gasteiger partial charge in [-0.2, -0.15) is 5.26 Å². The highest BCUT2D eigenvalue weighted by Gasteiger charge is 2.09. The first-order valence-corrected chi connectivity index (χ1v) is 3.61. The van der Waals surface area contributed by atoms with Crippen LogP contribution in [0, 0.1) is 11.3 Å². The molecule has 0 aliphatic carbocycles. The molecular formula is C7H12N2O3. The largest absolute Gasteiger partial charge is 0.480 e. The Morgan fingerprint density at radius 1 is 1.67 bits per heavy atom. The van der Waals surface area contributed by atoms with Crippen LogP contribution >= 0.6 is 0 Å². The first-order chi connectivity index (χ1) is 5.68. The van der Waals surface area contributed by atoms with E-state index in [1.807, 2.05) is 6.07 Å². The Labute approximate surface area is 70.7 Å². The van der Waals surface area contributed by atoms with Gasteiger partial charge in [0.05, 0.1) is 19.1 Å². The summed E-state index contributed by atoms with van der Waals surface area (Å²) < 4.78 is 4.93. The molecule has 0 amide bonds. The van der Waals surface area contributed by atoms with E-state index in [9.17, 15) is 4.79 Å². The lowest BCUT2D eigenvalue weighted by atomic mass is 10.2. The van der Waals surface area contributed by atoms with E-state index in [2.05, 4.69) is 0 Å². The van der Waals surface area contributed by atoms with E-state index in [0.717, 1.165) is 0 Å². The van der Waals surface area contributed by atoms with E-state index in [-0.39, 0.29) is 13.0 Å². The van der Waals surface area contributed by atoms with Crippen LogP contribution in [0.25, 0.3) is 0 Å². The molecule has 0 saturated carbocycles. The number of aliphatic carboxylic acids is 1. The van der Waals surface area contributed by atoms with Gasteiger partial charge in [-0.1, -0.05) is 0 Å². The number of nitrogens with two attached hydrogens (primary N) is 1. The minimum absolute atomic E-state index is 0.279. The number of nitriles is 1. The summed E-state index contributed by atoms with van der Waals surface area (Å²) in [6, 6.07) is 1.04. The molecule has 0 bridgehead atoms. The third kappa shape index (κ3) is 5.65. The molecule has 0 radical (unpaired) electrons. The van der Waals surface area contributed by atoms with Crippen LogP contribution in [0.1, 0.15) is 12.8 Å². The molecule has 0 rings (SSSR count). The Morgan fingerprint density at radius 2 is 2.33 bits per heavy atom. The molecule has 0 unspecified atom stereocenters. The summed E-state index contributed by atoms with van der Waals surface area (Å²) >= 11 is 0. The molecule has 0 aliphatic heterocycles. The van der Waals surface area contributed by atoms with Gasteiger partial charge in [0, 0.05) is 6.61 Å². The third-order valence-corrected chi connectivity index (χ3v) is 1.25. The lowest BCUT2D eigenvalue weighted by Crippen LogP contribution is -2.31. The summed E-state index contributed by atoms with van der Waals surface area (Å²) in [5, 5.41) is 16.5. The maximum atomic E-state index is 10.2. The number of hydrogen-bond donors (Lipinski definition) is 2. The number of rotatable bonds is 6. The lowest BCUT2D eigenvalue weighted by molar-refractivity contribution is -0.139. The average Bonchev–Trinajstić information content (AvgIpc) is 2.03. The van der Waals surface area contributed by atoms with Gasteiger partial charge >= 0.3 is 5.97 Å². The molecule has 0 spiro atoms. The van der Waals surface area contributed by atoms with Crippen molar-refractivity contribution < 1.29 is 14.6 Å². The maximum absolute atomic E-state index is 10.2. The second-order valence-electron chi connectivity index (χ2n) is 2.25. The van der Waals surface area contributed by atoms with E-state index in [1.165, 1.54) is 0 Å². The van der Waals surface area contributed by atoms with Crippen molar-refractivity contribution >= 4 is 5.97 Å². The van der Waals surface area contributed by atoms with Crippen molar-refractivity contribution in [3.05, 3.63) is 0 Å². The van der Waals surface area contributed by atoms with E-state index in [4.69, 9.17) is 20.8 Å². The van der Waals surface area contributed by atoms with Crippen molar-refractivity contribution in [2.24, 2.45) is 5.73 Å². The molecule has 5 heteroatoms. The minimum Gasteiger partial charge on any atom is -0.480 e. The monoisotopic (exact) mass is 172 g/mol. The number of hydrogen-bond acceptors (Lipinski definition) is 4. The molecule has 0 aromatic rings. The number of carboxylic acids is 1. The van der Waals surface area contributed by atoms with Crippen LogP contribution in [0.3, 0.4) is 0 Å². The minimum atomic E-state index is -1.03. The van der Waals surface area contributed by atoms with Gasteiger partial charge < -0.3 is 15.6 Å². The first kappa shape index (κ1) is 10.9. The van der Waals surface area contributed by atoms with Gasteiger partial charge in [-0.15, -0.1) is 0 Å². The van der Waals surface area contributed by atoms with E-state index >= 15 is 0 Å². The van der Waals surface area contributed by atoms with Crippen molar-refractivity contribution in [3.63, 3.8) is 0 Å². The van der Waals surface area contributed by atoms with E-state index < -0.39 is 12.0 Å². The highest BCUT2D eigenvalue weighted by atomic mass is 16.5. The molecule has 0 saturated heterocycles. The smallest absolute Gasteiger partial charge is 0.320 e. The van der Waals surface area contributed by atoms with Crippen LogP contribution in [-0.4, -0.2) is 30.3 Å². The molecule has 1 atom stereocenters. The van der Waals surface area contributed by atoms with Gasteiger partial charge in [0.25, 0.3) is 0 Å². The van der Waals surface area contributed by atoms with Crippen molar-refractivity contribution in [2.75, 3.05) is 13.2 Å². The van der Waals surface area contributed by atoms with Crippen LogP contribution < -0.4 is 5.73 Å². The molecule has 3 N–H and O–H groups in total. The Balaban J connectivity index is 3.21. The molecular weight excluding hydrogens is 160 g/mol. The zero-order valence-electron chi connectivity index (χ0n) is 6.69. The van der Waals surface area contributed by atoms with Gasteiger partial charge in [-0.25, -0.2) is 0 Å². The van der Waals surface area contributed by atoms with Crippen molar-refractivity contribution in [3.8, 4) is 6.07 Å². The Kier molecular flexibility index (Phi) is 5.97. The Morgan fingerprint density at radius 3 is 2.83 bits per heavy atom. The highest BCUT2D eigenvalue weighted by molar-refractivity contribution is 5.72. The van der Waals surface area contributed by atoms with Crippen LogP contribution in [0.4, 0.5) is 0 Å². The number of carbonyl (C=O) groups is 1. The standard InChI is InChI=1S/C7H12N2O3/c8-3-1-4-12-5-2-6(9)7(10)11/h6H,1-2,4-5,9H2,(H,10,11)/t6-/m1/s1. The predicted molar refractivity (Wildman–Crippen MR) is 41.3 cm³/mol. The van der Waals surface area contributed by atoms with Crippen LogP contribution in [0.15, 0.2) is 0 Å². The number of carboxylic acid groups (broad SMARTS) is 1. The average molecular weight is 172 g/mol. The second kappa shape index (κ2) is 6.58. The van der Waals surface area contributed by atoms with Gasteiger partial charge in [-0.05, 0) is 6.42 Å². The quantitative estimate of drug-likeness (QED) is 0.537. The normalized spacial score (nSPS) is 12.0. The van der Waals surface area contributed by atoms with Crippen LogP contribution in [0.5, 0.6) is 0 Å². The van der Waals surface area contributed by atoms with Gasteiger partial charge in [-0.3, -0.25) is 4.79 Å². The van der Waals surface area contributed by atoms with Crippen molar-refractivity contribution in [2.45, 2.75) is 18.9 Å². The van der Waals surface area contributed by atoms with Gasteiger partial charge in [0.15, 0.2) is 0 Å². The second-order valence-corrected chi connectivity index (χ2v) is 2.25. The highest BCUT2D eigenvalue weighted by Crippen LogP contribution is 1.90. The van der Waals surface area contributed by atoms with Crippen molar-refractivity contribution in [1.29, 1.82) is 5.26 Å². The Hall–Kier alpha value is -1.12. The molecule has 12 heavy (non-hydrogen) atoms. The summed E-state index contributed by atoms with van der Waals surface area (Å²) in [6.07, 6.45) is 0.600. The molecule has 0 aromatic carbocycles. The molecule has 0 aliphatic rings. The zero-order chi connectivity index (χ0) is 9.40. The first-order valence-electron chi connectivity index (χ1n) is 3.61. The van der Waals surface area contributed by atoms with E-state index in [1.54, 1.807) is 0 Å². The van der Waals surface area contributed by atoms with E-state index in [0.29, 0.717) is 13.0 Å². The topological polar surface area (TPSA) is 96.3 Å². The summed E-state index contributed by atoms with van der Waals surface area (Å²) in [7, 11) is 0. The lowest BCUT2D eigenvalue weighted by Gasteiger charge is -2.05. The molecule has 0 aromatic heterocycles. The summed E-state index contributed by atoms with van der Waals surface area (Å²) in [6.45, 7) is 0.623. The molecule has 68 valence electrons. The molecule has 5 nitrogen and oxygen atoms in total. The fourth-order valence-corrected chi connectivity index (χ4v) is 0.554. The summed E-state index contributed by atoms with van der Waals surface area (Å²) in [5.41, 5.74) is 5.19. The van der Waals surface area contributed by atoms with Crippen molar-refractivity contribution in [1.82, 2.24) is 0 Å². The maximum Gasteiger partial charge on any atom is 0.320 e. The molecule has 0 fully saturated rings. The van der Waals surface area contributed by atoms with Gasteiger partial charge in [0.2, 0.25) is 0 Å². The fourth-order valence-electron chi connectivity index (χ4n) is 0.554. The SMILES string of the molecule is N#CCCOCC[C@@H](N)C(=O)O. The predicted octanol–water partition coefficient (Wildman–Crippen LogP) is -0.281. The summed E-state index contributed by atoms with van der Waals surface area (Å²) in [5.74, 6) is -1.03. The van der Waals surface area contributed by atoms with Crippen LogP contribution in [0.2, 0.25) is 0 Å². The summed E-state index contributed by atoms with van der Waals surface area (Å²) in [4.78, 5) is 10.2. The number of nitrogens with zero attached hydrogens (tertiary/aromatic N) is 1. The third-order valence-electron chi connectivity index (χ3n) is 1.25. The molecule has 0 heterocycles. The van der Waals surface area contributed by atoms with Gasteiger partial charge in [0.1, 0.15) is 6.04 Å². The Bertz CT molecular complexity index is 176.